The summed E-state index contributed by atoms with van der Waals surface area (Å²) in [6.45, 7) is 3.69. The minimum Gasteiger partial charge on any atom is -0.394 e. The fourth-order valence-corrected chi connectivity index (χ4v) is 12.3. The number of hydrogen-bond acceptors (Lipinski definition) is 8. The van der Waals surface area contributed by atoms with E-state index in [9.17, 15) is 30.3 Å². The van der Waals surface area contributed by atoms with Gasteiger partial charge in [-0.1, -0.05) is 368 Å². The van der Waals surface area contributed by atoms with Crippen LogP contribution in [0.2, 0.25) is 0 Å². The van der Waals surface area contributed by atoms with Gasteiger partial charge in [0.2, 0.25) is 5.91 Å². The van der Waals surface area contributed by atoms with E-state index in [-0.39, 0.29) is 12.5 Å². The number of aliphatic hydroxyl groups excluding tert-OH is 5. The van der Waals surface area contributed by atoms with Gasteiger partial charge in [0.15, 0.2) is 6.29 Å². The van der Waals surface area contributed by atoms with E-state index in [4.69, 9.17) is 9.47 Å². The van der Waals surface area contributed by atoms with Gasteiger partial charge in [-0.3, -0.25) is 4.79 Å². The van der Waals surface area contributed by atoms with Gasteiger partial charge in [-0.05, 0) is 89.9 Å². The van der Waals surface area contributed by atoms with Crippen molar-refractivity contribution >= 4 is 5.91 Å². The fraction of sp³-hybridized carbons (Fsp3) is 0.795. The summed E-state index contributed by atoms with van der Waals surface area (Å²) in [6, 6.07) is -0.832. The van der Waals surface area contributed by atoms with Crippen LogP contribution in [-0.4, -0.2) is 87.5 Å². The van der Waals surface area contributed by atoms with E-state index in [0.717, 1.165) is 77.0 Å². The van der Waals surface area contributed by atoms with Gasteiger partial charge in [-0.15, -0.1) is 0 Å². The number of hydrogen-bond donors (Lipinski definition) is 6. The standard InChI is InChI=1S/C83H149NO8/c1-3-5-7-9-11-13-15-17-19-21-23-25-27-29-31-33-34-35-36-37-38-39-40-41-42-43-44-45-47-49-51-53-55-57-59-61-63-65-67-69-71-73-79(87)84-76(75-91-83-82(90)81(89)80(88)78(74-85)92-83)77(86)72-70-68-66-64-62-60-58-56-54-52-50-48-46-32-30-28-26-24-22-20-18-16-14-12-10-8-6-4-2/h5,7,11,13,17,19,23,25,29,31,54,56,62,64,70,72,76-78,80-83,85-86,88-90H,3-4,6,8-10,12,14-16,18,20-22,24,26-28,30,32-53,55,57-61,63,65-69,71,73-75H2,1-2H3,(H,84,87)/b7-5-,13-11-,19-17-,25-23-,31-29-,56-54+,64-62+,72-70+. The van der Waals surface area contributed by atoms with Gasteiger partial charge in [-0.2, -0.15) is 0 Å². The highest BCUT2D eigenvalue weighted by molar-refractivity contribution is 5.76. The molecule has 0 bridgehead atoms. The van der Waals surface area contributed by atoms with Gasteiger partial charge in [0.1, 0.15) is 24.4 Å². The Morgan fingerprint density at radius 2 is 0.685 bits per heavy atom. The van der Waals surface area contributed by atoms with Crippen molar-refractivity contribution in [1.82, 2.24) is 5.32 Å². The summed E-state index contributed by atoms with van der Waals surface area (Å²) in [5, 5.41) is 54.8. The summed E-state index contributed by atoms with van der Waals surface area (Å²) in [4.78, 5) is 13.2. The largest absolute Gasteiger partial charge is 0.394 e. The lowest BCUT2D eigenvalue weighted by Gasteiger charge is -2.40. The predicted octanol–water partition coefficient (Wildman–Crippen LogP) is 22.6. The third-order valence-electron chi connectivity index (χ3n) is 18.4. The Morgan fingerprint density at radius 1 is 0.380 bits per heavy atom. The number of carbonyl (C=O) groups is 1. The van der Waals surface area contributed by atoms with Gasteiger partial charge in [0.05, 0.1) is 25.4 Å². The lowest BCUT2D eigenvalue weighted by atomic mass is 9.99. The maximum Gasteiger partial charge on any atom is 0.220 e. The van der Waals surface area contributed by atoms with Crippen LogP contribution in [0.3, 0.4) is 0 Å². The van der Waals surface area contributed by atoms with Gasteiger partial charge in [0, 0.05) is 6.42 Å². The molecule has 9 nitrogen and oxygen atoms in total. The SMILES string of the molecule is CC/C=C\C/C=C\C/C=C\C/C=C\C/C=C\CCCCCCCCCCCCCCCCCCCCCCCCCCCC(=O)NC(COC1OC(CO)C(O)C(O)C1O)C(O)/C=C/CC/C=C/CC/C=C/CCCCCCCCCCCCCCCCCCCC. The highest BCUT2D eigenvalue weighted by Crippen LogP contribution is 2.24. The average Bonchev–Trinajstić information content (AvgIpc) is 1.00. The second kappa shape index (κ2) is 70.9. The second-order valence-electron chi connectivity index (χ2n) is 27.1. The van der Waals surface area contributed by atoms with Crippen LogP contribution in [0.15, 0.2) is 97.2 Å². The predicted molar refractivity (Wildman–Crippen MR) is 396 cm³/mol. The minimum atomic E-state index is -1.58. The van der Waals surface area contributed by atoms with Gasteiger partial charge >= 0.3 is 0 Å². The van der Waals surface area contributed by atoms with Crippen molar-refractivity contribution in [3.05, 3.63) is 97.2 Å². The molecular formula is C83H149NO8. The molecule has 1 rings (SSSR count). The third-order valence-corrected chi connectivity index (χ3v) is 18.4. The van der Waals surface area contributed by atoms with Gasteiger partial charge < -0.3 is 40.3 Å². The number of ether oxygens (including phenoxy) is 2. The van der Waals surface area contributed by atoms with Crippen LogP contribution in [0.4, 0.5) is 0 Å². The Kier molecular flexibility index (Phi) is 67.1. The molecule has 6 N–H and O–H groups in total. The highest BCUT2D eigenvalue weighted by atomic mass is 16.7. The first-order valence-electron chi connectivity index (χ1n) is 39.5. The highest BCUT2D eigenvalue weighted by Gasteiger charge is 2.44. The number of rotatable bonds is 69. The van der Waals surface area contributed by atoms with Crippen LogP contribution in [0.25, 0.3) is 0 Å². The van der Waals surface area contributed by atoms with E-state index >= 15 is 0 Å². The first-order chi connectivity index (χ1) is 45.3. The molecule has 534 valence electrons. The minimum absolute atomic E-state index is 0.186. The van der Waals surface area contributed by atoms with Crippen molar-refractivity contribution < 1.29 is 39.8 Å². The van der Waals surface area contributed by atoms with Gasteiger partial charge in [-0.25, -0.2) is 0 Å². The van der Waals surface area contributed by atoms with E-state index in [1.54, 1.807) is 6.08 Å². The van der Waals surface area contributed by atoms with Crippen LogP contribution in [0, 0.1) is 0 Å². The number of allylic oxidation sites excluding steroid dienone is 15. The quantitative estimate of drug-likeness (QED) is 0.0261. The van der Waals surface area contributed by atoms with Crippen molar-refractivity contribution in [3.63, 3.8) is 0 Å². The normalized spacial score (nSPS) is 18.2. The van der Waals surface area contributed by atoms with Crippen LogP contribution in [0.1, 0.15) is 367 Å². The molecule has 1 amide bonds. The topological polar surface area (TPSA) is 149 Å². The van der Waals surface area contributed by atoms with Gasteiger partial charge in [0.25, 0.3) is 0 Å². The zero-order valence-electron chi connectivity index (χ0n) is 60.0. The monoisotopic (exact) mass is 1290 g/mol. The first-order valence-corrected chi connectivity index (χ1v) is 39.5. The summed E-state index contributed by atoms with van der Waals surface area (Å²) < 4.78 is 11.3. The van der Waals surface area contributed by atoms with Crippen LogP contribution >= 0.6 is 0 Å². The smallest absolute Gasteiger partial charge is 0.220 e. The molecule has 0 radical (unpaired) electrons. The van der Waals surface area contributed by atoms with Crippen molar-refractivity contribution in [2.45, 2.75) is 410 Å². The molecule has 1 fully saturated rings. The van der Waals surface area contributed by atoms with Crippen molar-refractivity contribution in [1.29, 1.82) is 0 Å². The molecule has 9 heteroatoms. The summed E-state index contributed by atoms with van der Waals surface area (Å²) in [6.07, 6.45) is 97.0. The lowest BCUT2D eigenvalue weighted by molar-refractivity contribution is -0.302. The number of unbranched alkanes of at least 4 members (excludes halogenated alkanes) is 45. The maximum absolute atomic E-state index is 13.2. The molecule has 1 heterocycles. The van der Waals surface area contributed by atoms with E-state index in [0.29, 0.717) is 6.42 Å². The zero-order chi connectivity index (χ0) is 66.4. The molecule has 92 heavy (non-hydrogen) atoms. The molecule has 0 aromatic carbocycles. The Labute approximate surface area is 568 Å². The summed E-state index contributed by atoms with van der Waals surface area (Å²) >= 11 is 0. The molecule has 0 spiro atoms. The van der Waals surface area contributed by atoms with Crippen molar-refractivity contribution in [3.8, 4) is 0 Å². The summed E-state index contributed by atoms with van der Waals surface area (Å²) in [5.74, 6) is -0.186. The zero-order valence-corrected chi connectivity index (χ0v) is 60.0. The molecule has 1 aliphatic heterocycles. The number of amides is 1. The molecular weight excluding hydrogens is 1140 g/mol. The summed E-state index contributed by atoms with van der Waals surface area (Å²) in [5.41, 5.74) is 0. The molecule has 0 aromatic rings. The van der Waals surface area contributed by atoms with E-state index < -0.39 is 49.5 Å². The molecule has 0 aliphatic carbocycles. The van der Waals surface area contributed by atoms with E-state index in [1.807, 2.05) is 6.08 Å². The number of carbonyl (C=O) groups excluding carboxylic acids is 1. The van der Waals surface area contributed by atoms with E-state index in [2.05, 4.69) is 104 Å². The second-order valence-corrected chi connectivity index (χ2v) is 27.1. The van der Waals surface area contributed by atoms with Crippen LogP contribution < -0.4 is 5.32 Å². The molecule has 1 aliphatic rings. The Balaban J connectivity index is 2.08. The maximum atomic E-state index is 13.2. The fourth-order valence-electron chi connectivity index (χ4n) is 12.3. The number of nitrogens with one attached hydrogen (secondary N) is 1. The molecule has 0 saturated carbocycles. The summed E-state index contributed by atoms with van der Waals surface area (Å²) in [7, 11) is 0. The molecule has 1 saturated heterocycles. The van der Waals surface area contributed by atoms with Crippen molar-refractivity contribution in [2.24, 2.45) is 0 Å². The third kappa shape index (κ3) is 58.5. The Bertz CT molecular complexity index is 1780. The Morgan fingerprint density at radius 3 is 1.04 bits per heavy atom. The van der Waals surface area contributed by atoms with Crippen LogP contribution in [0.5, 0.6) is 0 Å². The molecule has 7 unspecified atom stereocenters. The lowest BCUT2D eigenvalue weighted by Crippen LogP contribution is -2.60. The van der Waals surface area contributed by atoms with Crippen molar-refractivity contribution in [2.75, 3.05) is 13.2 Å². The molecule has 7 atom stereocenters. The average molecular weight is 1290 g/mol. The Hall–Kier alpha value is -2.89. The van der Waals surface area contributed by atoms with Crippen LogP contribution in [-0.2, 0) is 14.3 Å². The van der Waals surface area contributed by atoms with E-state index in [1.165, 1.54) is 270 Å². The molecule has 0 aromatic heterocycles. The number of aliphatic hydroxyl groups is 5. The first kappa shape index (κ1) is 87.1.